The van der Waals surface area contributed by atoms with Crippen LogP contribution in [0.2, 0.25) is 0 Å². The van der Waals surface area contributed by atoms with Gasteiger partial charge in [0.1, 0.15) is 27.6 Å². The van der Waals surface area contributed by atoms with Crippen molar-refractivity contribution in [1.82, 2.24) is 23.6 Å². The number of ether oxygens (including phenoxy) is 1. The zero-order valence-electron chi connectivity index (χ0n) is 21.4. The van der Waals surface area contributed by atoms with Gasteiger partial charge in [-0.1, -0.05) is 0 Å². The molecule has 1 aliphatic carbocycles. The lowest BCUT2D eigenvalue weighted by Gasteiger charge is -2.41. The van der Waals surface area contributed by atoms with Crippen LogP contribution >= 0.6 is 0 Å². The number of aromatic nitrogens is 3. The smallest absolute Gasteiger partial charge is 0.420 e. The van der Waals surface area contributed by atoms with Crippen molar-refractivity contribution in [2.45, 2.75) is 57.6 Å². The molecule has 3 aliphatic rings. The van der Waals surface area contributed by atoms with Crippen LogP contribution in [0.3, 0.4) is 0 Å². The van der Waals surface area contributed by atoms with Gasteiger partial charge in [0.2, 0.25) is 0 Å². The summed E-state index contributed by atoms with van der Waals surface area (Å²) in [6, 6.07) is 1.78. The first kappa shape index (κ1) is 26.3. The fraction of sp³-hybridized carbons (Fsp3) is 0.696. The van der Waals surface area contributed by atoms with Crippen molar-refractivity contribution in [2.75, 3.05) is 42.6 Å². The first-order chi connectivity index (χ1) is 17.3. The molecule has 3 fully saturated rings. The maximum absolute atomic E-state index is 13.3. The lowest BCUT2D eigenvalue weighted by Crippen LogP contribution is -2.60. The lowest BCUT2D eigenvalue weighted by atomic mass is 10.0. The summed E-state index contributed by atoms with van der Waals surface area (Å²) in [5.41, 5.74) is -0.715. The van der Waals surface area contributed by atoms with E-state index < -0.39 is 37.3 Å². The number of sulfone groups is 1. The van der Waals surface area contributed by atoms with Crippen molar-refractivity contribution in [3.8, 4) is 0 Å². The van der Waals surface area contributed by atoms with Crippen molar-refractivity contribution in [2.24, 2.45) is 5.92 Å². The summed E-state index contributed by atoms with van der Waals surface area (Å²) >= 11 is 0. The SMILES string of the molecule is CC(C)(C)OC(=O)n1ccc2c(N3CCN(S(=O)(=O)NCC4CCS(=O)(=O)CC4)C4(CC4)C3)ncnc21. The molecule has 37 heavy (non-hydrogen) atoms. The lowest BCUT2D eigenvalue weighted by molar-refractivity contribution is 0.0543. The number of piperazine rings is 1. The number of rotatable bonds is 5. The quantitative estimate of drug-likeness (QED) is 0.582. The average molecular weight is 555 g/mol. The molecule has 0 atom stereocenters. The maximum Gasteiger partial charge on any atom is 0.420 e. The zero-order valence-corrected chi connectivity index (χ0v) is 23.0. The summed E-state index contributed by atoms with van der Waals surface area (Å²) in [6.07, 6.45) is 4.96. The third-order valence-electron chi connectivity index (χ3n) is 7.28. The van der Waals surface area contributed by atoms with Crippen LogP contribution in [0.25, 0.3) is 11.0 Å². The van der Waals surface area contributed by atoms with Gasteiger partial charge in [-0.25, -0.2) is 32.5 Å². The summed E-state index contributed by atoms with van der Waals surface area (Å²) in [5.74, 6) is 0.918. The van der Waals surface area contributed by atoms with E-state index in [1.54, 1.807) is 37.3 Å². The number of hydrogen-bond donors (Lipinski definition) is 1. The highest BCUT2D eigenvalue weighted by atomic mass is 32.2. The Hall–Kier alpha value is -2.29. The Bertz CT molecular complexity index is 1400. The molecule has 12 nitrogen and oxygen atoms in total. The predicted octanol–water partition coefficient (Wildman–Crippen LogP) is 1.53. The summed E-state index contributed by atoms with van der Waals surface area (Å²) in [4.78, 5) is 23.5. The molecule has 1 N–H and O–H groups in total. The second-order valence-corrected chi connectivity index (χ2v) is 15.3. The topological polar surface area (TPSA) is 144 Å². The van der Waals surface area contributed by atoms with Crippen LogP contribution in [0.15, 0.2) is 18.6 Å². The van der Waals surface area contributed by atoms with Gasteiger partial charge in [-0.3, -0.25) is 0 Å². The number of fused-ring (bicyclic) bond motifs is 1. The van der Waals surface area contributed by atoms with Crippen molar-refractivity contribution < 1.29 is 26.4 Å². The molecule has 2 aromatic heterocycles. The molecule has 14 heteroatoms. The average Bonchev–Trinajstić information content (AvgIpc) is 3.41. The molecular weight excluding hydrogens is 520 g/mol. The Morgan fingerprint density at radius 2 is 1.89 bits per heavy atom. The van der Waals surface area contributed by atoms with Crippen LogP contribution < -0.4 is 9.62 Å². The Labute approximate surface area is 217 Å². The largest absolute Gasteiger partial charge is 0.443 e. The summed E-state index contributed by atoms with van der Waals surface area (Å²) < 4.78 is 61.0. The Morgan fingerprint density at radius 3 is 2.54 bits per heavy atom. The standard InChI is InChI=1S/C23H34N6O6S2/c1-22(2,3)35-21(30)28-9-4-18-19(24-16-25-20(18)28)27-10-11-29(23(15-27)7-8-23)37(33,34)26-14-17-5-12-36(31,32)13-6-17/h4,9,16-17,26H,5-8,10-15H2,1-3H3. The molecule has 0 bridgehead atoms. The van der Waals surface area contributed by atoms with Gasteiger partial charge in [0, 0.05) is 32.4 Å². The van der Waals surface area contributed by atoms with Crippen molar-refractivity contribution in [3.05, 3.63) is 18.6 Å². The fourth-order valence-corrected chi connectivity index (χ4v) is 8.43. The molecule has 0 radical (unpaired) electrons. The predicted molar refractivity (Wildman–Crippen MR) is 138 cm³/mol. The minimum atomic E-state index is -3.72. The van der Waals surface area contributed by atoms with E-state index in [1.807, 2.05) is 0 Å². The monoisotopic (exact) mass is 554 g/mol. The van der Waals surface area contributed by atoms with Crippen molar-refractivity contribution >= 4 is 43.0 Å². The van der Waals surface area contributed by atoms with E-state index in [0.717, 1.165) is 12.8 Å². The minimum absolute atomic E-state index is 0.0260. The molecule has 4 heterocycles. The number of carbonyl (C=O) groups excluding carboxylic acids is 1. The Morgan fingerprint density at radius 1 is 1.19 bits per heavy atom. The van der Waals surface area contributed by atoms with Gasteiger partial charge in [-0.2, -0.15) is 12.7 Å². The third kappa shape index (κ3) is 5.47. The van der Waals surface area contributed by atoms with E-state index in [4.69, 9.17) is 4.74 Å². The highest BCUT2D eigenvalue weighted by Gasteiger charge is 2.56. The second-order valence-electron chi connectivity index (χ2n) is 11.3. The number of carbonyl (C=O) groups is 1. The molecule has 2 aliphatic heterocycles. The van der Waals surface area contributed by atoms with E-state index in [1.165, 1.54) is 10.9 Å². The fourth-order valence-electron chi connectivity index (χ4n) is 5.16. The van der Waals surface area contributed by atoms with Crippen LogP contribution in [0.1, 0.15) is 46.5 Å². The highest BCUT2D eigenvalue weighted by molar-refractivity contribution is 7.91. The van der Waals surface area contributed by atoms with Gasteiger partial charge in [0.05, 0.1) is 22.4 Å². The van der Waals surface area contributed by atoms with Crippen LogP contribution in [-0.2, 0) is 24.8 Å². The molecule has 0 aromatic carbocycles. The molecule has 1 saturated carbocycles. The molecule has 204 valence electrons. The maximum atomic E-state index is 13.3. The van der Waals surface area contributed by atoms with E-state index in [0.29, 0.717) is 49.3 Å². The Kier molecular flexibility index (Phi) is 6.52. The van der Waals surface area contributed by atoms with Gasteiger partial charge in [0.15, 0.2) is 5.65 Å². The number of hydrogen-bond acceptors (Lipinski definition) is 9. The molecule has 0 unspecified atom stereocenters. The number of nitrogens with zero attached hydrogens (tertiary/aromatic N) is 5. The Balaban J connectivity index is 1.29. The van der Waals surface area contributed by atoms with Crippen LogP contribution in [0.4, 0.5) is 10.6 Å². The van der Waals surface area contributed by atoms with Crippen LogP contribution in [0.5, 0.6) is 0 Å². The van der Waals surface area contributed by atoms with E-state index >= 15 is 0 Å². The molecule has 0 amide bonds. The van der Waals surface area contributed by atoms with Gasteiger partial charge in [0.25, 0.3) is 10.2 Å². The molecule has 2 saturated heterocycles. The normalized spacial score (nSPS) is 22.4. The minimum Gasteiger partial charge on any atom is -0.443 e. The molecule has 1 spiro atoms. The van der Waals surface area contributed by atoms with Gasteiger partial charge >= 0.3 is 6.09 Å². The highest BCUT2D eigenvalue weighted by Crippen LogP contribution is 2.46. The summed E-state index contributed by atoms with van der Waals surface area (Å²) in [7, 11) is -6.71. The first-order valence-electron chi connectivity index (χ1n) is 12.6. The van der Waals surface area contributed by atoms with Gasteiger partial charge in [-0.15, -0.1) is 0 Å². The number of anilines is 1. The van der Waals surface area contributed by atoms with E-state index in [9.17, 15) is 21.6 Å². The molecule has 5 rings (SSSR count). The second kappa shape index (κ2) is 9.17. The van der Waals surface area contributed by atoms with Crippen molar-refractivity contribution in [3.63, 3.8) is 0 Å². The molecule has 2 aromatic rings. The van der Waals surface area contributed by atoms with Crippen LogP contribution in [-0.4, -0.2) is 90.6 Å². The van der Waals surface area contributed by atoms with Crippen molar-refractivity contribution in [1.29, 1.82) is 0 Å². The summed E-state index contributed by atoms with van der Waals surface area (Å²) in [5, 5.41) is 0.700. The van der Waals surface area contributed by atoms with Crippen LogP contribution in [0, 0.1) is 5.92 Å². The van der Waals surface area contributed by atoms with Gasteiger partial charge < -0.3 is 9.64 Å². The molecular formula is C23H34N6O6S2. The first-order valence-corrected chi connectivity index (χ1v) is 15.8. The van der Waals surface area contributed by atoms with E-state index in [2.05, 4.69) is 19.6 Å². The summed E-state index contributed by atoms with van der Waals surface area (Å²) in [6.45, 7) is 6.87. The van der Waals surface area contributed by atoms with Gasteiger partial charge in [-0.05, 0) is 58.4 Å². The van der Waals surface area contributed by atoms with E-state index in [-0.39, 0.29) is 24.0 Å². The third-order valence-corrected chi connectivity index (χ3v) is 10.7. The zero-order chi connectivity index (χ0) is 26.6. The number of nitrogens with one attached hydrogen (secondary N) is 1.